The van der Waals surface area contributed by atoms with Gasteiger partial charge in [-0.15, -0.1) is 0 Å². The molecule has 0 saturated heterocycles. The van der Waals surface area contributed by atoms with Gasteiger partial charge in [0.15, 0.2) is 0 Å². The zero-order chi connectivity index (χ0) is 23.8. The van der Waals surface area contributed by atoms with Crippen LogP contribution in [0, 0.1) is 40.4 Å². The Kier molecular flexibility index (Phi) is 7.27. The number of fused-ring (bicyclic) bond motifs is 5. The second-order valence-corrected chi connectivity index (χ2v) is 12.3. The number of esters is 1. The van der Waals surface area contributed by atoms with E-state index < -0.39 is 5.97 Å². The Hall–Kier alpha value is -1.39. The number of unbranched alkanes of at least 4 members (excludes halogenated alkanes) is 2. The Balaban J connectivity index is 1.31. The summed E-state index contributed by atoms with van der Waals surface area (Å²) in [5.74, 6) is 2.66. The SMILES string of the molecule is CC(=O)[C@H]1CCC2C3CC[C@@H]4C[C@H](OC(=O)CCCCCC(=O)O)CC[C@]4(C)C3CC[C@@]21C. The quantitative estimate of drug-likeness (QED) is 0.345. The van der Waals surface area contributed by atoms with Crippen LogP contribution in [0.5, 0.6) is 0 Å². The van der Waals surface area contributed by atoms with E-state index in [0.717, 1.165) is 43.9 Å². The maximum Gasteiger partial charge on any atom is 0.306 e. The summed E-state index contributed by atoms with van der Waals surface area (Å²) in [4.78, 5) is 35.3. The van der Waals surface area contributed by atoms with Gasteiger partial charge in [-0.2, -0.15) is 0 Å². The number of carboxylic acids is 1. The van der Waals surface area contributed by atoms with Crippen molar-refractivity contribution in [2.24, 2.45) is 40.4 Å². The highest BCUT2D eigenvalue weighted by Crippen LogP contribution is 2.67. The summed E-state index contributed by atoms with van der Waals surface area (Å²) in [6, 6.07) is 0. The van der Waals surface area contributed by atoms with Crippen LogP contribution < -0.4 is 0 Å². The molecule has 4 rings (SSSR count). The van der Waals surface area contributed by atoms with Crippen molar-refractivity contribution in [2.45, 2.75) is 117 Å². The number of carbonyl (C=O) groups excluding carboxylic acids is 2. The van der Waals surface area contributed by atoms with Gasteiger partial charge in [0.05, 0.1) is 0 Å². The molecule has 8 atom stereocenters. The maximum absolute atomic E-state index is 12.4. The van der Waals surface area contributed by atoms with Crippen LogP contribution in [0.15, 0.2) is 0 Å². The van der Waals surface area contributed by atoms with Crippen molar-refractivity contribution in [3.8, 4) is 0 Å². The summed E-state index contributed by atoms with van der Waals surface area (Å²) in [7, 11) is 0. The third-order valence-electron chi connectivity index (χ3n) is 10.7. The topological polar surface area (TPSA) is 80.7 Å². The van der Waals surface area contributed by atoms with Crippen molar-refractivity contribution < 1.29 is 24.2 Å². The average molecular weight is 461 g/mol. The lowest BCUT2D eigenvalue weighted by Crippen LogP contribution is -2.54. The molecule has 33 heavy (non-hydrogen) atoms. The van der Waals surface area contributed by atoms with Gasteiger partial charge in [-0.05, 0) is 112 Å². The van der Waals surface area contributed by atoms with Gasteiger partial charge in [0.1, 0.15) is 11.9 Å². The van der Waals surface area contributed by atoms with Crippen LogP contribution in [0.2, 0.25) is 0 Å². The monoisotopic (exact) mass is 460 g/mol. The van der Waals surface area contributed by atoms with Gasteiger partial charge in [-0.3, -0.25) is 14.4 Å². The van der Waals surface area contributed by atoms with Crippen LogP contribution in [-0.2, 0) is 19.1 Å². The minimum absolute atomic E-state index is 0.0496. The van der Waals surface area contributed by atoms with Crippen LogP contribution in [0.25, 0.3) is 0 Å². The summed E-state index contributed by atoms with van der Waals surface area (Å²) in [5, 5.41) is 8.71. The number of hydrogen-bond acceptors (Lipinski definition) is 4. The number of ether oxygens (including phenoxy) is 1. The molecule has 0 spiro atoms. The molecule has 0 heterocycles. The van der Waals surface area contributed by atoms with Gasteiger partial charge in [0.2, 0.25) is 0 Å². The van der Waals surface area contributed by atoms with Gasteiger partial charge in [-0.25, -0.2) is 0 Å². The van der Waals surface area contributed by atoms with Crippen LogP contribution in [-0.4, -0.2) is 28.9 Å². The van der Waals surface area contributed by atoms with E-state index in [9.17, 15) is 14.4 Å². The first kappa shape index (κ1) is 24.7. The van der Waals surface area contributed by atoms with E-state index in [4.69, 9.17) is 9.84 Å². The van der Waals surface area contributed by atoms with Gasteiger partial charge >= 0.3 is 11.9 Å². The predicted molar refractivity (Wildman–Crippen MR) is 126 cm³/mol. The third-order valence-corrected chi connectivity index (χ3v) is 10.7. The molecule has 4 aliphatic carbocycles. The molecule has 0 aromatic rings. The first-order valence-electron chi connectivity index (χ1n) is 13.6. The van der Waals surface area contributed by atoms with Crippen LogP contribution in [0.3, 0.4) is 0 Å². The molecule has 0 amide bonds. The molecule has 0 bridgehead atoms. The van der Waals surface area contributed by atoms with E-state index in [0.29, 0.717) is 42.3 Å². The first-order valence-corrected chi connectivity index (χ1v) is 13.6. The smallest absolute Gasteiger partial charge is 0.306 e. The Morgan fingerprint density at radius 2 is 1.55 bits per heavy atom. The summed E-state index contributed by atoms with van der Waals surface area (Å²) in [6.45, 7) is 6.75. The van der Waals surface area contributed by atoms with E-state index in [1.165, 1.54) is 32.1 Å². The van der Waals surface area contributed by atoms with E-state index >= 15 is 0 Å². The first-order chi connectivity index (χ1) is 15.6. The van der Waals surface area contributed by atoms with Gasteiger partial charge in [0.25, 0.3) is 0 Å². The number of carboxylic acid groups (broad SMARTS) is 1. The van der Waals surface area contributed by atoms with Crippen molar-refractivity contribution in [3.05, 3.63) is 0 Å². The summed E-state index contributed by atoms with van der Waals surface area (Å²) in [6.07, 6.45) is 13.1. The molecule has 4 aliphatic rings. The second kappa shape index (κ2) is 9.70. The lowest BCUT2D eigenvalue weighted by atomic mass is 9.44. The highest BCUT2D eigenvalue weighted by molar-refractivity contribution is 5.79. The van der Waals surface area contributed by atoms with Gasteiger partial charge in [-0.1, -0.05) is 20.3 Å². The van der Waals surface area contributed by atoms with Crippen molar-refractivity contribution in [3.63, 3.8) is 0 Å². The van der Waals surface area contributed by atoms with Gasteiger partial charge < -0.3 is 9.84 Å². The fourth-order valence-corrected chi connectivity index (χ4v) is 8.96. The minimum Gasteiger partial charge on any atom is -0.481 e. The highest BCUT2D eigenvalue weighted by Gasteiger charge is 2.60. The molecule has 0 aromatic heterocycles. The zero-order valence-electron chi connectivity index (χ0n) is 20.9. The molecule has 4 saturated carbocycles. The molecule has 0 aromatic carbocycles. The molecular formula is C28H44O5. The number of ketones is 1. The molecule has 0 aliphatic heterocycles. The van der Waals surface area contributed by atoms with Crippen molar-refractivity contribution in [1.29, 1.82) is 0 Å². The Morgan fingerprint density at radius 1 is 0.848 bits per heavy atom. The fraction of sp³-hybridized carbons (Fsp3) is 0.893. The zero-order valence-corrected chi connectivity index (χ0v) is 20.9. The maximum atomic E-state index is 12.4. The van der Waals surface area contributed by atoms with Gasteiger partial charge in [0, 0.05) is 18.8 Å². The van der Waals surface area contributed by atoms with E-state index in [1.54, 1.807) is 6.92 Å². The molecule has 186 valence electrons. The fourth-order valence-electron chi connectivity index (χ4n) is 8.96. The van der Waals surface area contributed by atoms with Crippen molar-refractivity contribution in [1.82, 2.24) is 0 Å². The van der Waals surface area contributed by atoms with E-state index in [-0.39, 0.29) is 29.8 Å². The number of carbonyl (C=O) groups is 3. The Bertz CT molecular complexity index is 761. The van der Waals surface area contributed by atoms with Crippen molar-refractivity contribution in [2.75, 3.05) is 0 Å². The van der Waals surface area contributed by atoms with Crippen LogP contribution in [0.4, 0.5) is 0 Å². The lowest BCUT2D eigenvalue weighted by Gasteiger charge is -2.61. The Morgan fingerprint density at radius 3 is 2.27 bits per heavy atom. The summed E-state index contributed by atoms with van der Waals surface area (Å²) < 4.78 is 5.88. The number of Topliss-reactive ketones (excluding diaryl/α,β-unsaturated/α-hetero) is 1. The highest BCUT2D eigenvalue weighted by atomic mass is 16.5. The minimum atomic E-state index is -0.772. The second-order valence-electron chi connectivity index (χ2n) is 12.3. The third kappa shape index (κ3) is 4.75. The van der Waals surface area contributed by atoms with Crippen LogP contribution >= 0.6 is 0 Å². The van der Waals surface area contributed by atoms with E-state index in [1.807, 2.05) is 0 Å². The summed E-state index contributed by atoms with van der Waals surface area (Å²) >= 11 is 0. The summed E-state index contributed by atoms with van der Waals surface area (Å²) in [5.41, 5.74) is 0.561. The molecule has 1 N–H and O–H groups in total. The predicted octanol–water partition coefficient (Wildman–Crippen LogP) is 6.18. The number of rotatable bonds is 8. The molecule has 5 nitrogen and oxygen atoms in total. The standard InChI is InChI=1S/C28H44O5/c1-18(29)22-11-12-23-21-10-9-19-17-20(33-26(32)8-6-4-5-7-25(30)31)13-15-27(19,2)24(21)14-16-28(22,23)3/h19-24H,4-17H2,1-3H3,(H,30,31)/t19-,20-,21?,22-,23?,24?,27+,28-/m1/s1. The molecule has 4 fully saturated rings. The van der Waals surface area contributed by atoms with Crippen LogP contribution in [0.1, 0.15) is 111 Å². The number of aliphatic carboxylic acids is 1. The average Bonchev–Trinajstić information content (AvgIpc) is 3.11. The molecule has 5 heteroatoms. The van der Waals surface area contributed by atoms with Crippen molar-refractivity contribution >= 4 is 17.7 Å². The lowest BCUT2D eigenvalue weighted by molar-refractivity contribution is -0.163. The van der Waals surface area contributed by atoms with E-state index in [2.05, 4.69) is 13.8 Å². The molecule has 3 unspecified atom stereocenters. The Labute approximate surface area is 199 Å². The normalized spacial score (nSPS) is 42.0. The molecular weight excluding hydrogens is 416 g/mol. The molecule has 0 radical (unpaired) electrons. The number of hydrogen-bond donors (Lipinski definition) is 1. The largest absolute Gasteiger partial charge is 0.481 e.